The molecule has 0 saturated heterocycles. The zero-order valence-corrected chi connectivity index (χ0v) is 35.9. The van der Waals surface area contributed by atoms with Crippen molar-refractivity contribution >= 4 is 86.8 Å². The van der Waals surface area contributed by atoms with E-state index in [0.29, 0.717) is 0 Å². The standard InChI is InChI=1S/C64H39NO/c1-2-17-40(18-3-1)60-46-21-4-6-23-48(46)62(49-24-7-5-22-47(49)60)42-35-38-58-55(39-42)64-54(29-16-32-59(64)66-58)63-52-27-10-8-25-50(52)61(51-26-9-11-28-53(51)63)41-33-36-43(37-34-41)65-56-30-14-12-19-44(56)45-20-13-15-31-57(45)65/h1-39H. The number of para-hydroxylation sites is 2. The quantitative estimate of drug-likeness (QED) is 0.158. The lowest BCUT2D eigenvalue weighted by molar-refractivity contribution is 0.669. The van der Waals surface area contributed by atoms with Crippen LogP contribution in [0.4, 0.5) is 0 Å². The van der Waals surface area contributed by atoms with Gasteiger partial charge in [0.2, 0.25) is 0 Å². The molecule has 306 valence electrons. The number of hydrogen-bond acceptors (Lipinski definition) is 1. The van der Waals surface area contributed by atoms with Gasteiger partial charge in [-0.25, -0.2) is 0 Å². The van der Waals surface area contributed by atoms with E-state index in [1.807, 2.05) is 0 Å². The molecule has 0 unspecified atom stereocenters. The fraction of sp³-hybridized carbons (Fsp3) is 0. The molecule has 12 aromatic carbocycles. The average molecular weight is 838 g/mol. The van der Waals surface area contributed by atoms with Gasteiger partial charge in [-0.2, -0.15) is 0 Å². The number of hydrogen-bond donors (Lipinski definition) is 0. The van der Waals surface area contributed by atoms with Crippen LogP contribution in [0.25, 0.3) is 137 Å². The molecule has 2 heterocycles. The number of rotatable bonds is 5. The summed E-state index contributed by atoms with van der Waals surface area (Å²) >= 11 is 0. The van der Waals surface area contributed by atoms with E-state index in [-0.39, 0.29) is 0 Å². The van der Waals surface area contributed by atoms with Gasteiger partial charge in [0.1, 0.15) is 11.2 Å². The van der Waals surface area contributed by atoms with E-state index < -0.39 is 0 Å². The Morgan fingerprint density at radius 1 is 0.258 bits per heavy atom. The molecule has 2 heteroatoms. The number of benzene rings is 12. The molecular weight excluding hydrogens is 799 g/mol. The third kappa shape index (κ3) is 5.36. The topological polar surface area (TPSA) is 18.1 Å². The highest BCUT2D eigenvalue weighted by Crippen LogP contribution is 2.49. The molecule has 0 aliphatic heterocycles. The Hall–Kier alpha value is -8.72. The first-order valence-electron chi connectivity index (χ1n) is 22.8. The number of aromatic nitrogens is 1. The molecule has 0 saturated carbocycles. The van der Waals surface area contributed by atoms with E-state index in [1.165, 1.54) is 109 Å². The molecule has 0 amide bonds. The van der Waals surface area contributed by atoms with Gasteiger partial charge in [0, 0.05) is 27.2 Å². The van der Waals surface area contributed by atoms with Crippen molar-refractivity contribution in [3.63, 3.8) is 0 Å². The highest BCUT2D eigenvalue weighted by molar-refractivity contribution is 6.27. The average Bonchev–Trinajstić information content (AvgIpc) is 3.93. The molecule has 0 N–H and O–H groups in total. The molecule has 0 radical (unpaired) electrons. The van der Waals surface area contributed by atoms with Gasteiger partial charge in [0.15, 0.2) is 0 Å². The van der Waals surface area contributed by atoms with Crippen LogP contribution in [0.1, 0.15) is 0 Å². The Balaban J connectivity index is 0.983. The SMILES string of the molecule is c1ccc(-c2c3ccccc3c(-c3ccc4oc5cccc(-c6c7ccccc7c(-c7ccc(-n8c9ccccc9c9ccccc98)cc7)c7ccccc67)c5c4c3)c3ccccc23)cc1. The molecule has 0 aliphatic rings. The van der Waals surface area contributed by atoms with Crippen molar-refractivity contribution in [2.45, 2.75) is 0 Å². The molecule has 14 rings (SSSR count). The number of nitrogens with zero attached hydrogens (tertiary/aromatic N) is 1. The molecule has 66 heavy (non-hydrogen) atoms. The summed E-state index contributed by atoms with van der Waals surface area (Å²) in [7, 11) is 0. The maximum atomic E-state index is 6.77. The second kappa shape index (κ2) is 14.4. The highest BCUT2D eigenvalue weighted by Gasteiger charge is 2.22. The van der Waals surface area contributed by atoms with E-state index in [4.69, 9.17) is 4.42 Å². The molecular formula is C64H39NO. The van der Waals surface area contributed by atoms with Crippen LogP contribution < -0.4 is 0 Å². The molecule has 0 bridgehead atoms. The summed E-state index contributed by atoms with van der Waals surface area (Å²) < 4.78 is 9.16. The zero-order valence-electron chi connectivity index (χ0n) is 35.9. The van der Waals surface area contributed by atoms with Crippen LogP contribution in [0.15, 0.2) is 241 Å². The van der Waals surface area contributed by atoms with Crippen LogP contribution in [-0.2, 0) is 0 Å². The zero-order chi connectivity index (χ0) is 43.3. The molecule has 0 atom stereocenters. The Kier molecular flexibility index (Phi) is 8.02. The monoisotopic (exact) mass is 837 g/mol. The minimum Gasteiger partial charge on any atom is -0.456 e. The normalized spacial score (nSPS) is 11.9. The van der Waals surface area contributed by atoms with Gasteiger partial charge in [0.05, 0.1) is 11.0 Å². The van der Waals surface area contributed by atoms with Gasteiger partial charge in [-0.3, -0.25) is 0 Å². The lowest BCUT2D eigenvalue weighted by Crippen LogP contribution is -1.94. The third-order valence-electron chi connectivity index (χ3n) is 14.0. The summed E-state index contributed by atoms with van der Waals surface area (Å²) in [5.41, 5.74) is 15.0. The largest absolute Gasteiger partial charge is 0.456 e. The van der Waals surface area contributed by atoms with Crippen molar-refractivity contribution in [1.82, 2.24) is 4.57 Å². The van der Waals surface area contributed by atoms with Crippen molar-refractivity contribution in [2.75, 3.05) is 0 Å². The second-order valence-electron chi connectivity index (χ2n) is 17.5. The van der Waals surface area contributed by atoms with Gasteiger partial charge in [-0.05, 0) is 130 Å². The Morgan fingerprint density at radius 3 is 1.18 bits per heavy atom. The fourth-order valence-corrected chi connectivity index (χ4v) is 11.3. The minimum atomic E-state index is 0.879. The first-order chi connectivity index (χ1) is 32.8. The summed E-state index contributed by atoms with van der Waals surface area (Å²) in [5, 5.41) is 14.6. The number of fused-ring (bicyclic) bond motifs is 10. The summed E-state index contributed by atoms with van der Waals surface area (Å²) in [5.74, 6) is 0. The van der Waals surface area contributed by atoms with Gasteiger partial charge in [0.25, 0.3) is 0 Å². The lowest BCUT2D eigenvalue weighted by Gasteiger charge is -2.19. The van der Waals surface area contributed by atoms with Gasteiger partial charge in [-0.1, -0.05) is 194 Å². The van der Waals surface area contributed by atoms with Crippen LogP contribution in [0.2, 0.25) is 0 Å². The smallest absolute Gasteiger partial charge is 0.136 e. The molecule has 0 aliphatic carbocycles. The lowest BCUT2D eigenvalue weighted by atomic mass is 9.84. The Bertz CT molecular complexity index is 4100. The van der Waals surface area contributed by atoms with Crippen molar-refractivity contribution < 1.29 is 4.42 Å². The van der Waals surface area contributed by atoms with Crippen molar-refractivity contribution in [2.24, 2.45) is 0 Å². The van der Waals surface area contributed by atoms with Crippen LogP contribution in [0, 0.1) is 0 Å². The van der Waals surface area contributed by atoms with Crippen LogP contribution >= 0.6 is 0 Å². The van der Waals surface area contributed by atoms with E-state index in [2.05, 4.69) is 241 Å². The van der Waals surface area contributed by atoms with E-state index in [1.54, 1.807) is 0 Å². The molecule has 2 aromatic heterocycles. The van der Waals surface area contributed by atoms with Crippen LogP contribution in [0.5, 0.6) is 0 Å². The van der Waals surface area contributed by atoms with E-state index in [9.17, 15) is 0 Å². The Labute approximate surface area is 380 Å². The maximum Gasteiger partial charge on any atom is 0.136 e. The third-order valence-corrected chi connectivity index (χ3v) is 14.0. The van der Waals surface area contributed by atoms with Gasteiger partial charge >= 0.3 is 0 Å². The van der Waals surface area contributed by atoms with Gasteiger partial charge < -0.3 is 8.98 Å². The molecule has 14 aromatic rings. The van der Waals surface area contributed by atoms with Crippen LogP contribution in [-0.4, -0.2) is 4.57 Å². The van der Waals surface area contributed by atoms with Crippen molar-refractivity contribution in [3.05, 3.63) is 237 Å². The predicted molar refractivity (Wildman–Crippen MR) is 280 cm³/mol. The molecule has 0 spiro atoms. The first kappa shape index (κ1) is 36.7. The number of furan rings is 1. The molecule has 0 fully saturated rings. The van der Waals surface area contributed by atoms with E-state index in [0.717, 1.165) is 27.6 Å². The summed E-state index contributed by atoms with van der Waals surface area (Å²) in [6.45, 7) is 0. The fourth-order valence-electron chi connectivity index (χ4n) is 11.3. The van der Waals surface area contributed by atoms with E-state index >= 15 is 0 Å². The first-order valence-corrected chi connectivity index (χ1v) is 22.8. The summed E-state index contributed by atoms with van der Waals surface area (Å²) in [6, 6.07) is 86.4. The molecule has 2 nitrogen and oxygen atoms in total. The highest BCUT2D eigenvalue weighted by atomic mass is 16.3. The second-order valence-corrected chi connectivity index (χ2v) is 17.5. The van der Waals surface area contributed by atoms with Crippen molar-refractivity contribution in [3.8, 4) is 50.2 Å². The maximum absolute atomic E-state index is 6.77. The Morgan fingerprint density at radius 2 is 0.667 bits per heavy atom. The van der Waals surface area contributed by atoms with Crippen molar-refractivity contribution in [1.29, 1.82) is 0 Å². The van der Waals surface area contributed by atoms with Gasteiger partial charge in [-0.15, -0.1) is 0 Å². The summed E-state index contributed by atoms with van der Waals surface area (Å²) in [6.07, 6.45) is 0. The van der Waals surface area contributed by atoms with Crippen LogP contribution in [0.3, 0.4) is 0 Å². The predicted octanol–water partition coefficient (Wildman–Crippen LogP) is 18.0. The minimum absolute atomic E-state index is 0.879. The summed E-state index contributed by atoms with van der Waals surface area (Å²) in [4.78, 5) is 0.